The highest BCUT2D eigenvalue weighted by atomic mass is 16.5. The lowest BCUT2D eigenvalue weighted by Crippen LogP contribution is -2.13. The molecule has 1 aromatic heterocycles. The summed E-state index contributed by atoms with van der Waals surface area (Å²) in [6.07, 6.45) is 1.11. The van der Waals surface area contributed by atoms with E-state index in [0.717, 1.165) is 42.4 Å². The van der Waals surface area contributed by atoms with Crippen molar-refractivity contribution in [3.8, 4) is 5.75 Å². The van der Waals surface area contributed by atoms with Gasteiger partial charge in [-0.25, -0.2) is 0 Å². The third-order valence-electron chi connectivity index (χ3n) is 3.06. The SMILES string of the molecule is CCCNCc1cc(COc2cccc(N(C)C)c2)on1. The zero-order valence-electron chi connectivity index (χ0n) is 12.9. The Morgan fingerprint density at radius 3 is 2.90 bits per heavy atom. The highest BCUT2D eigenvalue weighted by molar-refractivity contribution is 5.49. The van der Waals surface area contributed by atoms with Gasteiger partial charge < -0.3 is 19.5 Å². The molecule has 21 heavy (non-hydrogen) atoms. The monoisotopic (exact) mass is 289 g/mol. The molecule has 2 aromatic rings. The Balaban J connectivity index is 1.86. The number of anilines is 1. The van der Waals surface area contributed by atoms with Crippen molar-refractivity contribution in [3.05, 3.63) is 41.8 Å². The van der Waals surface area contributed by atoms with E-state index in [-0.39, 0.29) is 0 Å². The van der Waals surface area contributed by atoms with Crippen LogP contribution in [0.15, 0.2) is 34.9 Å². The minimum Gasteiger partial charge on any atom is -0.485 e. The molecule has 2 rings (SSSR count). The molecule has 1 heterocycles. The van der Waals surface area contributed by atoms with E-state index in [1.54, 1.807) is 0 Å². The number of nitrogens with zero attached hydrogens (tertiary/aromatic N) is 2. The molecular formula is C16H23N3O2. The first-order chi connectivity index (χ1) is 10.2. The minimum atomic E-state index is 0.387. The van der Waals surface area contributed by atoms with Crippen LogP contribution in [0.4, 0.5) is 5.69 Å². The molecule has 0 aliphatic rings. The minimum absolute atomic E-state index is 0.387. The second kappa shape index (κ2) is 7.69. The molecular weight excluding hydrogens is 266 g/mol. The van der Waals surface area contributed by atoms with Crippen LogP contribution in [-0.4, -0.2) is 25.8 Å². The first-order valence-electron chi connectivity index (χ1n) is 7.24. The van der Waals surface area contributed by atoms with Crippen LogP contribution < -0.4 is 15.0 Å². The molecule has 5 nitrogen and oxygen atoms in total. The lowest BCUT2D eigenvalue weighted by molar-refractivity contribution is 0.248. The number of rotatable bonds is 8. The second-order valence-corrected chi connectivity index (χ2v) is 5.14. The van der Waals surface area contributed by atoms with E-state index < -0.39 is 0 Å². The zero-order chi connectivity index (χ0) is 15.1. The van der Waals surface area contributed by atoms with Crippen LogP contribution in [0.1, 0.15) is 24.8 Å². The van der Waals surface area contributed by atoms with Crippen LogP contribution in [-0.2, 0) is 13.2 Å². The normalized spacial score (nSPS) is 10.6. The average molecular weight is 289 g/mol. The summed E-state index contributed by atoms with van der Waals surface area (Å²) in [5.74, 6) is 1.56. The van der Waals surface area contributed by atoms with Gasteiger partial charge in [-0.1, -0.05) is 18.1 Å². The first-order valence-corrected chi connectivity index (χ1v) is 7.24. The molecule has 0 radical (unpaired) electrons. The van der Waals surface area contributed by atoms with Crippen LogP contribution in [0.5, 0.6) is 5.75 Å². The van der Waals surface area contributed by atoms with Crippen LogP contribution in [0.2, 0.25) is 0 Å². The van der Waals surface area contributed by atoms with E-state index in [9.17, 15) is 0 Å². The van der Waals surface area contributed by atoms with Gasteiger partial charge in [0.1, 0.15) is 12.4 Å². The summed E-state index contributed by atoms with van der Waals surface area (Å²) in [6, 6.07) is 9.88. The van der Waals surface area contributed by atoms with Crippen molar-refractivity contribution in [2.45, 2.75) is 26.5 Å². The van der Waals surface area contributed by atoms with Gasteiger partial charge in [0, 0.05) is 38.5 Å². The maximum absolute atomic E-state index is 5.74. The number of hydrogen-bond donors (Lipinski definition) is 1. The second-order valence-electron chi connectivity index (χ2n) is 5.14. The summed E-state index contributed by atoms with van der Waals surface area (Å²) < 4.78 is 11.0. The van der Waals surface area contributed by atoms with Crippen molar-refractivity contribution >= 4 is 5.69 Å². The average Bonchev–Trinajstić information content (AvgIpc) is 2.94. The van der Waals surface area contributed by atoms with E-state index in [1.807, 2.05) is 49.3 Å². The van der Waals surface area contributed by atoms with Crippen LogP contribution in [0.25, 0.3) is 0 Å². The van der Waals surface area contributed by atoms with E-state index in [1.165, 1.54) is 0 Å². The number of hydrogen-bond acceptors (Lipinski definition) is 5. The summed E-state index contributed by atoms with van der Waals surface area (Å²) in [6.45, 7) is 4.23. The smallest absolute Gasteiger partial charge is 0.174 e. The van der Waals surface area contributed by atoms with E-state index in [0.29, 0.717) is 6.61 Å². The summed E-state index contributed by atoms with van der Waals surface area (Å²) in [5.41, 5.74) is 2.01. The van der Waals surface area contributed by atoms with Gasteiger partial charge in [-0.3, -0.25) is 0 Å². The van der Waals surface area contributed by atoms with Crippen LogP contribution in [0.3, 0.4) is 0 Å². The van der Waals surface area contributed by atoms with E-state index in [4.69, 9.17) is 9.26 Å². The largest absolute Gasteiger partial charge is 0.485 e. The van der Waals surface area contributed by atoms with Crippen molar-refractivity contribution in [2.75, 3.05) is 25.5 Å². The molecule has 0 aliphatic carbocycles. The quantitative estimate of drug-likeness (QED) is 0.757. The van der Waals surface area contributed by atoms with Crippen LogP contribution in [0, 0.1) is 0 Å². The summed E-state index contributed by atoms with van der Waals surface area (Å²) >= 11 is 0. The Labute approximate surface area is 125 Å². The van der Waals surface area contributed by atoms with Crippen molar-refractivity contribution in [2.24, 2.45) is 0 Å². The zero-order valence-corrected chi connectivity index (χ0v) is 12.9. The lowest BCUT2D eigenvalue weighted by atomic mass is 10.3. The van der Waals surface area contributed by atoms with Gasteiger partial charge in [0.05, 0.1) is 5.69 Å². The topological polar surface area (TPSA) is 50.5 Å². The van der Waals surface area contributed by atoms with Crippen molar-refractivity contribution in [1.82, 2.24) is 10.5 Å². The van der Waals surface area contributed by atoms with Crippen LogP contribution >= 0.6 is 0 Å². The third kappa shape index (κ3) is 4.79. The Morgan fingerprint density at radius 2 is 2.14 bits per heavy atom. The van der Waals surface area contributed by atoms with Gasteiger partial charge in [0.15, 0.2) is 5.76 Å². The Kier molecular flexibility index (Phi) is 5.63. The predicted octanol–water partition coefficient (Wildman–Crippen LogP) is 2.82. The van der Waals surface area contributed by atoms with Crippen molar-refractivity contribution < 1.29 is 9.26 Å². The molecule has 0 saturated carbocycles. The standard InChI is InChI=1S/C16H23N3O2/c1-4-8-17-11-13-9-16(21-18-13)12-20-15-7-5-6-14(10-15)19(2)3/h5-7,9-10,17H,4,8,11-12H2,1-3H3. The predicted molar refractivity (Wildman–Crippen MR) is 83.6 cm³/mol. The molecule has 0 amide bonds. The molecule has 0 saturated heterocycles. The summed E-state index contributed by atoms with van der Waals surface area (Å²) in [5, 5.41) is 7.31. The molecule has 0 bridgehead atoms. The van der Waals surface area contributed by atoms with Gasteiger partial charge in [-0.15, -0.1) is 0 Å². The van der Waals surface area contributed by atoms with E-state index >= 15 is 0 Å². The molecule has 1 aromatic carbocycles. The maximum Gasteiger partial charge on any atom is 0.174 e. The number of nitrogens with one attached hydrogen (secondary N) is 1. The fourth-order valence-corrected chi connectivity index (χ4v) is 1.91. The van der Waals surface area contributed by atoms with Gasteiger partial charge in [0.2, 0.25) is 0 Å². The molecule has 5 heteroatoms. The van der Waals surface area contributed by atoms with Gasteiger partial charge in [-0.2, -0.15) is 0 Å². The first kappa shape index (κ1) is 15.4. The summed E-state index contributed by atoms with van der Waals surface area (Å²) in [7, 11) is 4.01. The molecule has 0 fully saturated rings. The number of aromatic nitrogens is 1. The van der Waals surface area contributed by atoms with Crippen molar-refractivity contribution in [1.29, 1.82) is 0 Å². The maximum atomic E-state index is 5.74. The van der Waals surface area contributed by atoms with Crippen molar-refractivity contribution in [3.63, 3.8) is 0 Å². The third-order valence-corrected chi connectivity index (χ3v) is 3.06. The molecule has 0 aliphatic heterocycles. The van der Waals surface area contributed by atoms with Gasteiger partial charge in [0.25, 0.3) is 0 Å². The number of benzene rings is 1. The Morgan fingerprint density at radius 1 is 1.29 bits per heavy atom. The molecule has 0 unspecified atom stereocenters. The Bertz CT molecular complexity index is 552. The molecule has 114 valence electrons. The molecule has 0 atom stereocenters. The highest BCUT2D eigenvalue weighted by Crippen LogP contribution is 2.20. The summed E-state index contributed by atoms with van der Waals surface area (Å²) in [4.78, 5) is 2.04. The fourth-order valence-electron chi connectivity index (χ4n) is 1.91. The molecule has 0 spiro atoms. The fraction of sp³-hybridized carbons (Fsp3) is 0.438. The number of ether oxygens (including phenoxy) is 1. The lowest BCUT2D eigenvalue weighted by Gasteiger charge is -2.13. The molecule has 1 N–H and O–H groups in total. The highest BCUT2D eigenvalue weighted by Gasteiger charge is 2.05. The van der Waals surface area contributed by atoms with Gasteiger partial charge in [-0.05, 0) is 25.1 Å². The van der Waals surface area contributed by atoms with E-state index in [2.05, 4.69) is 17.4 Å². The van der Waals surface area contributed by atoms with Gasteiger partial charge >= 0.3 is 0 Å². The Hall–Kier alpha value is -2.01.